The lowest BCUT2D eigenvalue weighted by atomic mass is 9.89. The summed E-state index contributed by atoms with van der Waals surface area (Å²) in [5.74, 6) is 0.572. The van der Waals surface area contributed by atoms with Crippen LogP contribution in [-0.2, 0) is 29.0 Å². The number of hydrogen-bond donors (Lipinski definition) is 1. The number of hydrogen-bond acceptors (Lipinski definition) is 7. The Balaban J connectivity index is 1.40. The maximum atomic E-state index is 12.9. The van der Waals surface area contributed by atoms with Crippen LogP contribution in [0.3, 0.4) is 0 Å². The number of rotatable bonds is 5. The van der Waals surface area contributed by atoms with Crippen molar-refractivity contribution in [2.45, 2.75) is 32.8 Å². The number of carbonyl (C=O) groups excluding carboxylic acids is 1. The summed E-state index contributed by atoms with van der Waals surface area (Å²) in [7, 11) is 0. The minimum atomic E-state index is -0.433. The van der Waals surface area contributed by atoms with E-state index in [-0.39, 0.29) is 12.2 Å². The van der Waals surface area contributed by atoms with Crippen molar-refractivity contribution in [1.29, 1.82) is 0 Å². The first kappa shape index (κ1) is 20.4. The molecule has 5 nitrogen and oxygen atoms in total. The van der Waals surface area contributed by atoms with Crippen LogP contribution in [0.5, 0.6) is 0 Å². The summed E-state index contributed by atoms with van der Waals surface area (Å²) < 4.78 is 5.56. The molecule has 1 N–H and O–H groups in total. The van der Waals surface area contributed by atoms with Crippen LogP contribution in [0, 0.1) is 5.92 Å². The van der Waals surface area contributed by atoms with Crippen molar-refractivity contribution in [1.82, 2.24) is 9.97 Å². The molecule has 0 aliphatic heterocycles. The van der Waals surface area contributed by atoms with Gasteiger partial charge in [0.1, 0.15) is 17.3 Å². The normalized spacial score (nSPS) is 16.4. The van der Waals surface area contributed by atoms with Gasteiger partial charge in [0.05, 0.1) is 11.0 Å². The van der Waals surface area contributed by atoms with Gasteiger partial charge in [0.2, 0.25) is 0 Å². The predicted octanol–water partition coefficient (Wildman–Crippen LogP) is 5.52. The molecule has 0 bridgehead atoms. The van der Waals surface area contributed by atoms with Gasteiger partial charge in [-0.05, 0) is 59.7 Å². The second-order valence-corrected chi connectivity index (χ2v) is 10.7. The number of aromatic amines is 1. The molecule has 5 rings (SSSR count). The fraction of sp³-hybridized carbons (Fsp3) is 0.261. The van der Waals surface area contributed by atoms with Gasteiger partial charge in [0, 0.05) is 14.6 Å². The van der Waals surface area contributed by atoms with E-state index in [4.69, 9.17) is 4.74 Å². The van der Waals surface area contributed by atoms with Gasteiger partial charge in [-0.2, -0.15) is 0 Å². The Morgan fingerprint density at radius 1 is 1.29 bits per heavy atom. The van der Waals surface area contributed by atoms with Crippen LogP contribution in [0.1, 0.15) is 39.4 Å². The van der Waals surface area contributed by atoms with E-state index in [1.54, 1.807) is 22.7 Å². The molecule has 1 aliphatic rings. The molecule has 8 heteroatoms. The minimum absolute atomic E-state index is 0.0733. The summed E-state index contributed by atoms with van der Waals surface area (Å²) in [5, 5.41) is 4.60. The average molecular weight is 469 g/mol. The molecular formula is C23H20N2O3S3. The molecule has 158 valence electrons. The standard InChI is InChI=1S/C23H20N2O3S3/c1-13-6-7-15-18(10-13)31-22-20(15)21(26)24-19(25-22)12-28-23(27)16(17-5-3-9-30-17)11-14-4-2-8-29-14/h2-5,8-9,11,13H,6-7,10,12H2,1H3,(H,24,25,26)/b16-11+/t13-/m0/s1. The van der Waals surface area contributed by atoms with Crippen molar-refractivity contribution in [2.75, 3.05) is 0 Å². The minimum Gasteiger partial charge on any atom is -0.454 e. The molecule has 31 heavy (non-hydrogen) atoms. The molecule has 0 fully saturated rings. The molecular weight excluding hydrogens is 448 g/mol. The van der Waals surface area contributed by atoms with E-state index in [9.17, 15) is 9.59 Å². The number of aryl methyl sites for hydroxylation is 1. The second kappa shape index (κ2) is 8.53. The highest BCUT2D eigenvalue weighted by atomic mass is 32.1. The van der Waals surface area contributed by atoms with E-state index in [1.165, 1.54) is 16.2 Å². The van der Waals surface area contributed by atoms with Gasteiger partial charge in [0.25, 0.3) is 5.56 Å². The van der Waals surface area contributed by atoms with E-state index >= 15 is 0 Å². The molecule has 0 spiro atoms. The van der Waals surface area contributed by atoms with E-state index in [1.807, 2.05) is 41.1 Å². The summed E-state index contributed by atoms with van der Waals surface area (Å²) in [5.41, 5.74) is 1.51. The zero-order chi connectivity index (χ0) is 21.4. The van der Waals surface area contributed by atoms with Gasteiger partial charge >= 0.3 is 5.97 Å². The van der Waals surface area contributed by atoms with Gasteiger partial charge in [-0.1, -0.05) is 19.1 Å². The van der Waals surface area contributed by atoms with Gasteiger partial charge in [-0.25, -0.2) is 9.78 Å². The lowest BCUT2D eigenvalue weighted by Gasteiger charge is -2.17. The Hall–Kier alpha value is -2.55. The highest BCUT2D eigenvalue weighted by molar-refractivity contribution is 7.18. The summed E-state index contributed by atoms with van der Waals surface area (Å²) in [6, 6.07) is 7.70. The van der Waals surface area contributed by atoms with Crippen molar-refractivity contribution in [3.05, 3.63) is 71.4 Å². The van der Waals surface area contributed by atoms with Gasteiger partial charge in [-0.3, -0.25) is 4.79 Å². The molecule has 0 amide bonds. The molecule has 0 saturated carbocycles. The zero-order valence-corrected chi connectivity index (χ0v) is 19.3. The summed E-state index contributed by atoms with van der Waals surface area (Å²) in [6.07, 6.45) is 4.86. The number of esters is 1. The van der Waals surface area contributed by atoms with Crippen LogP contribution in [0.2, 0.25) is 0 Å². The van der Waals surface area contributed by atoms with Crippen LogP contribution < -0.4 is 5.56 Å². The maximum Gasteiger partial charge on any atom is 0.340 e. The van der Waals surface area contributed by atoms with Crippen LogP contribution in [0.4, 0.5) is 0 Å². The first-order valence-electron chi connectivity index (χ1n) is 10.1. The molecule has 0 saturated heterocycles. The summed E-state index contributed by atoms with van der Waals surface area (Å²) >= 11 is 4.64. The smallest absolute Gasteiger partial charge is 0.340 e. The first-order chi connectivity index (χ1) is 15.1. The largest absolute Gasteiger partial charge is 0.454 e. The molecule has 1 atom stereocenters. The van der Waals surface area contributed by atoms with Crippen LogP contribution in [-0.4, -0.2) is 15.9 Å². The highest BCUT2D eigenvalue weighted by Gasteiger charge is 2.23. The van der Waals surface area contributed by atoms with Crippen molar-refractivity contribution in [2.24, 2.45) is 5.92 Å². The molecule has 1 aliphatic carbocycles. The highest BCUT2D eigenvalue weighted by Crippen LogP contribution is 2.35. The lowest BCUT2D eigenvalue weighted by molar-refractivity contribution is -0.138. The van der Waals surface area contributed by atoms with Gasteiger partial charge in [0.15, 0.2) is 0 Å². The number of H-pyrrole nitrogens is 1. The number of ether oxygens (including phenoxy) is 1. The number of thiophene rings is 3. The third kappa shape index (κ3) is 4.15. The molecule has 4 aromatic rings. The van der Waals surface area contributed by atoms with Crippen molar-refractivity contribution < 1.29 is 9.53 Å². The second-order valence-electron chi connectivity index (χ2n) is 7.67. The fourth-order valence-electron chi connectivity index (χ4n) is 3.85. The van der Waals surface area contributed by atoms with Crippen LogP contribution >= 0.6 is 34.0 Å². The Kier molecular flexibility index (Phi) is 5.60. The molecule has 4 aromatic heterocycles. The number of fused-ring (bicyclic) bond motifs is 3. The number of carbonyl (C=O) groups is 1. The van der Waals surface area contributed by atoms with Crippen LogP contribution in [0.15, 0.2) is 39.8 Å². The van der Waals surface area contributed by atoms with Crippen molar-refractivity contribution >= 4 is 61.8 Å². The van der Waals surface area contributed by atoms with Gasteiger partial charge in [-0.15, -0.1) is 34.0 Å². The molecule has 4 heterocycles. The number of aromatic nitrogens is 2. The average Bonchev–Trinajstić information content (AvgIpc) is 3.50. The zero-order valence-electron chi connectivity index (χ0n) is 16.8. The Labute approximate surface area is 191 Å². The SMILES string of the molecule is C[C@H]1CCc2c(sc3nc(COC(=O)/C(=C/c4cccs4)c4cccs4)[nH]c(=O)c23)C1. The third-order valence-corrected chi connectivity index (χ3v) is 8.26. The summed E-state index contributed by atoms with van der Waals surface area (Å²) in [6.45, 7) is 2.17. The predicted molar refractivity (Wildman–Crippen MR) is 128 cm³/mol. The van der Waals surface area contributed by atoms with Crippen LogP contribution in [0.25, 0.3) is 21.9 Å². The lowest BCUT2D eigenvalue weighted by Crippen LogP contribution is -2.16. The van der Waals surface area contributed by atoms with E-state index in [0.717, 1.165) is 39.4 Å². The quantitative estimate of drug-likeness (QED) is 0.309. The number of nitrogens with one attached hydrogen (secondary N) is 1. The third-order valence-electron chi connectivity index (χ3n) is 5.39. The van der Waals surface area contributed by atoms with E-state index in [2.05, 4.69) is 16.9 Å². The van der Waals surface area contributed by atoms with Crippen molar-refractivity contribution in [3.63, 3.8) is 0 Å². The topological polar surface area (TPSA) is 72.0 Å². The Bertz CT molecular complexity index is 1310. The molecule has 0 unspecified atom stereocenters. The van der Waals surface area contributed by atoms with E-state index < -0.39 is 5.97 Å². The summed E-state index contributed by atoms with van der Waals surface area (Å²) in [4.78, 5) is 36.9. The fourth-order valence-corrected chi connectivity index (χ4v) is 6.64. The Morgan fingerprint density at radius 2 is 2.13 bits per heavy atom. The molecule has 0 aromatic carbocycles. The number of nitrogens with zero attached hydrogens (tertiary/aromatic N) is 1. The first-order valence-corrected chi connectivity index (χ1v) is 12.7. The maximum absolute atomic E-state index is 12.9. The monoisotopic (exact) mass is 468 g/mol. The van der Waals surface area contributed by atoms with Gasteiger partial charge < -0.3 is 9.72 Å². The Morgan fingerprint density at radius 3 is 2.90 bits per heavy atom. The molecule has 0 radical (unpaired) electrons. The van der Waals surface area contributed by atoms with Crippen molar-refractivity contribution in [3.8, 4) is 0 Å². The van der Waals surface area contributed by atoms with E-state index in [0.29, 0.717) is 22.7 Å².